The first-order chi connectivity index (χ1) is 10.0. The Morgan fingerprint density at radius 2 is 2.10 bits per heavy atom. The molecule has 1 aliphatic heterocycles. The fourth-order valence-corrected chi connectivity index (χ4v) is 3.43. The highest BCUT2D eigenvalue weighted by atomic mass is 19.1. The predicted molar refractivity (Wildman–Crippen MR) is 86.8 cm³/mol. The topological polar surface area (TPSA) is 15.3 Å². The Morgan fingerprint density at radius 3 is 2.71 bits per heavy atom. The number of hydrogen-bond acceptors (Lipinski definition) is 2. The van der Waals surface area contributed by atoms with Gasteiger partial charge >= 0.3 is 0 Å². The molecule has 1 saturated heterocycles. The Hall–Kier alpha value is -0.930. The van der Waals surface area contributed by atoms with Gasteiger partial charge in [0.05, 0.1) is 0 Å². The first-order valence-electron chi connectivity index (χ1n) is 8.25. The lowest BCUT2D eigenvalue weighted by Crippen LogP contribution is -2.57. The standard InChI is InChI=1S/C18H29FN2/c1-5-18-11-20-17(9-13(2)3)12-21(18)14(4)15-7-6-8-16(19)10-15/h6-8,10,13-14,17-18,20H,5,9,11-12H2,1-4H3. The molecule has 0 radical (unpaired) electrons. The molecule has 1 heterocycles. The van der Waals surface area contributed by atoms with Crippen LogP contribution in [0.2, 0.25) is 0 Å². The van der Waals surface area contributed by atoms with Crippen LogP contribution < -0.4 is 5.32 Å². The first kappa shape index (κ1) is 16.4. The second-order valence-corrected chi connectivity index (χ2v) is 6.72. The maximum Gasteiger partial charge on any atom is 0.123 e. The zero-order chi connectivity index (χ0) is 15.4. The highest BCUT2D eigenvalue weighted by Crippen LogP contribution is 2.27. The largest absolute Gasteiger partial charge is 0.311 e. The van der Waals surface area contributed by atoms with E-state index in [0.717, 1.165) is 25.1 Å². The molecule has 0 saturated carbocycles. The summed E-state index contributed by atoms with van der Waals surface area (Å²) in [6.45, 7) is 11.1. The van der Waals surface area contributed by atoms with E-state index in [0.29, 0.717) is 18.0 Å². The third-order valence-electron chi connectivity index (χ3n) is 4.60. The van der Waals surface area contributed by atoms with Crippen LogP contribution in [0.4, 0.5) is 4.39 Å². The quantitative estimate of drug-likeness (QED) is 0.883. The van der Waals surface area contributed by atoms with Gasteiger partial charge in [-0.1, -0.05) is 32.9 Å². The van der Waals surface area contributed by atoms with Gasteiger partial charge in [-0.2, -0.15) is 0 Å². The lowest BCUT2D eigenvalue weighted by molar-refractivity contribution is 0.0802. The first-order valence-corrected chi connectivity index (χ1v) is 8.25. The molecule has 1 fully saturated rings. The Labute approximate surface area is 128 Å². The van der Waals surface area contributed by atoms with Crippen molar-refractivity contribution in [3.8, 4) is 0 Å². The van der Waals surface area contributed by atoms with Crippen molar-refractivity contribution < 1.29 is 4.39 Å². The van der Waals surface area contributed by atoms with Gasteiger partial charge in [-0.15, -0.1) is 0 Å². The van der Waals surface area contributed by atoms with E-state index < -0.39 is 0 Å². The van der Waals surface area contributed by atoms with Crippen LogP contribution in [0.5, 0.6) is 0 Å². The molecule has 1 aromatic carbocycles. The molecule has 3 heteroatoms. The number of piperazine rings is 1. The molecule has 0 aliphatic carbocycles. The zero-order valence-electron chi connectivity index (χ0n) is 13.8. The molecular formula is C18H29FN2. The third kappa shape index (κ3) is 4.27. The van der Waals surface area contributed by atoms with Crippen LogP contribution in [0.1, 0.15) is 52.1 Å². The van der Waals surface area contributed by atoms with Crippen LogP contribution in [0.25, 0.3) is 0 Å². The summed E-state index contributed by atoms with van der Waals surface area (Å²) in [5.41, 5.74) is 1.08. The van der Waals surface area contributed by atoms with Gasteiger partial charge in [-0.3, -0.25) is 4.90 Å². The number of hydrogen-bond donors (Lipinski definition) is 1. The summed E-state index contributed by atoms with van der Waals surface area (Å²) in [5, 5.41) is 3.68. The molecule has 1 aliphatic rings. The highest BCUT2D eigenvalue weighted by molar-refractivity contribution is 5.20. The Bertz CT molecular complexity index is 447. The number of benzene rings is 1. The van der Waals surface area contributed by atoms with Crippen molar-refractivity contribution in [3.05, 3.63) is 35.6 Å². The second-order valence-electron chi connectivity index (χ2n) is 6.72. The number of rotatable bonds is 5. The minimum atomic E-state index is -0.138. The smallest absolute Gasteiger partial charge is 0.123 e. The van der Waals surface area contributed by atoms with Gasteiger partial charge in [0.1, 0.15) is 5.82 Å². The molecule has 0 spiro atoms. The summed E-state index contributed by atoms with van der Waals surface area (Å²) in [7, 11) is 0. The van der Waals surface area contributed by atoms with Gasteiger partial charge in [-0.25, -0.2) is 4.39 Å². The van der Waals surface area contributed by atoms with Gasteiger partial charge in [0.25, 0.3) is 0 Å². The van der Waals surface area contributed by atoms with E-state index >= 15 is 0 Å². The highest BCUT2D eigenvalue weighted by Gasteiger charge is 2.30. The van der Waals surface area contributed by atoms with Gasteiger partial charge in [-0.05, 0) is 43.4 Å². The Balaban J connectivity index is 2.12. The molecule has 1 N–H and O–H groups in total. The maximum atomic E-state index is 13.5. The molecule has 2 rings (SSSR count). The second kappa shape index (κ2) is 7.37. The van der Waals surface area contributed by atoms with Crippen molar-refractivity contribution in [3.63, 3.8) is 0 Å². The molecule has 3 atom stereocenters. The molecule has 3 unspecified atom stereocenters. The summed E-state index contributed by atoms with van der Waals surface area (Å²) in [4.78, 5) is 2.55. The number of halogens is 1. The van der Waals surface area contributed by atoms with E-state index in [9.17, 15) is 4.39 Å². The molecule has 0 bridgehead atoms. The van der Waals surface area contributed by atoms with Crippen molar-refractivity contribution in [2.24, 2.45) is 5.92 Å². The van der Waals surface area contributed by atoms with Crippen LogP contribution >= 0.6 is 0 Å². The summed E-state index contributed by atoms with van der Waals surface area (Å²) >= 11 is 0. The minimum absolute atomic E-state index is 0.138. The van der Waals surface area contributed by atoms with Crippen LogP contribution in [0.3, 0.4) is 0 Å². The van der Waals surface area contributed by atoms with Gasteiger partial charge in [0.2, 0.25) is 0 Å². The maximum absolute atomic E-state index is 13.5. The molecular weight excluding hydrogens is 263 g/mol. The van der Waals surface area contributed by atoms with Crippen LogP contribution in [0.15, 0.2) is 24.3 Å². The predicted octanol–water partition coefficient (Wildman–Crippen LogP) is 3.99. The van der Waals surface area contributed by atoms with E-state index in [2.05, 4.69) is 37.9 Å². The SMILES string of the molecule is CCC1CNC(CC(C)C)CN1C(C)c1cccc(F)c1. The fourth-order valence-electron chi connectivity index (χ4n) is 3.43. The number of nitrogens with one attached hydrogen (secondary N) is 1. The lowest BCUT2D eigenvalue weighted by Gasteiger charge is -2.44. The van der Waals surface area contributed by atoms with Crippen LogP contribution in [-0.2, 0) is 0 Å². The van der Waals surface area contributed by atoms with Crippen molar-refractivity contribution in [2.75, 3.05) is 13.1 Å². The van der Waals surface area contributed by atoms with Crippen LogP contribution in [0, 0.1) is 11.7 Å². The fraction of sp³-hybridized carbons (Fsp3) is 0.667. The summed E-state index contributed by atoms with van der Waals surface area (Å²) in [5.74, 6) is 0.563. The van der Waals surface area contributed by atoms with Crippen molar-refractivity contribution in [1.29, 1.82) is 0 Å². The number of nitrogens with zero attached hydrogens (tertiary/aromatic N) is 1. The average Bonchev–Trinajstić information content (AvgIpc) is 2.46. The van der Waals surface area contributed by atoms with E-state index in [1.165, 1.54) is 12.5 Å². The van der Waals surface area contributed by atoms with Gasteiger partial charge in [0.15, 0.2) is 0 Å². The van der Waals surface area contributed by atoms with Crippen molar-refractivity contribution in [2.45, 2.75) is 58.7 Å². The molecule has 0 aromatic heterocycles. The normalized spacial score (nSPS) is 25.2. The van der Waals surface area contributed by atoms with E-state index in [-0.39, 0.29) is 11.9 Å². The minimum Gasteiger partial charge on any atom is -0.311 e. The molecule has 2 nitrogen and oxygen atoms in total. The molecule has 0 amide bonds. The summed E-state index contributed by atoms with van der Waals surface area (Å²) in [6.07, 6.45) is 2.32. The Kier molecular flexibility index (Phi) is 5.77. The van der Waals surface area contributed by atoms with Gasteiger partial charge in [0, 0.05) is 31.2 Å². The van der Waals surface area contributed by atoms with E-state index in [1.807, 2.05) is 12.1 Å². The lowest BCUT2D eigenvalue weighted by atomic mass is 9.96. The summed E-state index contributed by atoms with van der Waals surface area (Å²) < 4.78 is 13.5. The third-order valence-corrected chi connectivity index (χ3v) is 4.60. The van der Waals surface area contributed by atoms with Crippen LogP contribution in [-0.4, -0.2) is 30.1 Å². The Morgan fingerprint density at radius 1 is 1.33 bits per heavy atom. The van der Waals surface area contributed by atoms with E-state index in [4.69, 9.17) is 0 Å². The molecule has 21 heavy (non-hydrogen) atoms. The molecule has 1 aromatic rings. The monoisotopic (exact) mass is 292 g/mol. The summed E-state index contributed by atoms with van der Waals surface area (Å²) in [6, 6.07) is 8.40. The average molecular weight is 292 g/mol. The molecule has 118 valence electrons. The van der Waals surface area contributed by atoms with Crippen molar-refractivity contribution in [1.82, 2.24) is 10.2 Å². The van der Waals surface area contributed by atoms with E-state index in [1.54, 1.807) is 6.07 Å². The zero-order valence-corrected chi connectivity index (χ0v) is 13.8. The van der Waals surface area contributed by atoms with Crippen molar-refractivity contribution >= 4 is 0 Å². The van der Waals surface area contributed by atoms with Gasteiger partial charge < -0.3 is 5.32 Å².